The van der Waals surface area contributed by atoms with Gasteiger partial charge in [-0.1, -0.05) is 41.9 Å². The average Bonchev–Trinajstić information content (AvgIpc) is 4.21. The fourth-order valence-electron chi connectivity index (χ4n) is 13.7. The van der Waals surface area contributed by atoms with E-state index in [1.807, 2.05) is 6.07 Å². The summed E-state index contributed by atoms with van der Waals surface area (Å²) in [5.74, 6) is -0.849. The van der Waals surface area contributed by atoms with E-state index in [4.69, 9.17) is 9.47 Å². The van der Waals surface area contributed by atoms with Gasteiger partial charge in [0.2, 0.25) is 29.5 Å². The lowest BCUT2D eigenvalue weighted by atomic mass is 9.74. The Hall–Kier alpha value is -4.98. The van der Waals surface area contributed by atoms with E-state index in [1.165, 1.54) is 17.2 Å². The number of halogens is 4. The van der Waals surface area contributed by atoms with Gasteiger partial charge in [0.05, 0.1) is 47.4 Å². The molecular formula is C61H82BrF3N8O7. The Kier molecular flexibility index (Phi) is 20.1. The van der Waals surface area contributed by atoms with Crippen molar-refractivity contribution in [1.29, 1.82) is 0 Å². The van der Waals surface area contributed by atoms with Gasteiger partial charge in [0.25, 0.3) is 0 Å². The molecule has 80 heavy (non-hydrogen) atoms. The molecule has 0 unspecified atom stereocenters. The smallest absolute Gasteiger partial charge is 0.378 e. The summed E-state index contributed by atoms with van der Waals surface area (Å²) in [5.41, 5.74) is 3.30. The number of carbonyl (C=O) groups excluding carboxylic acids is 5. The van der Waals surface area contributed by atoms with Crippen molar-refractivity contribution in [3.05, 3.63) is 92.5 Å². The van der Waals surface area contributed by atoms with Crippen LogP contribution >= 0.6 is 15.9 Å². The second-order valence-electron chi connectivity index (χ2n) is 23.9. The number of aryl methyl sites for hydroxylation is 2. The van der Waals surface area contributed by atoms with Gasteiger partial charge < -0.3 is 40.5 Å². The molecular weight excluding hydrogens is 1090 g/mol. The van der Waals surface area contributed by atoms with Crippen LogP contribution in [-0.4, -0.2) is 113 Å². The predicted molar refractivity (Wildman–Crippen MR) is 299 cm³/mol. The first-order chi connectivity index (χ1) is 38.4. The molecule has 15 nitrogen and oxygen atoms in total. The quantitative estimate of drug-likeness (QED) is 0.0708. The maximum absolute atomic E-state index is 14.6. The Labute approximate surface area is 477 Å². The summed E-state index contributed by atoms with van der Waals surface area (Å²) >= 11 is 3.59. The third kappa shape index (κ3) is 14.6. The van der Waals surface area contributed by atoms with Crippen molar-refractivity contribution in [1.82, 2.24) is 41.0 Å². The second kappa shape index (κ2) is 26.9. The number of nitrogens with one attached hydrogen (secondary N) is 4. The Morgan fingerprint density at radius 3 is 2.33 bits per heavy atom. The second-order valence-corrected chi connectivity index (χ2v) is 24.8. The number of hydrogen-bond acceptors (Lipinski definition) is 10. The van der Waals surface area contributed by atoms with E-state index in [1.54, 1.807) is 35.3 Å². The van der Waals surface area contributed by atoms with Crippen molar-refractivity contribution in [3.63, 3.8) is 0 Å². The van der Waals surface area contributed by atoms with Crippen LogP contribution in [0.3, 0.4) is 0 Å². The first kappa shape index (κ1) is 59.6. The van der Waals surface area contributed by atoms with E-state index in [0.717, 1.165) is 61.4 Å². The van der Waals surface area contributed by atoms with Crippen LogP contribution in [0.4, 0.5) is 13.2 Å². The summed E-state index contributed by atoms with van der Waals surface area (Å²) in [6, 6.07) is 11.5. The third-order valence-corrected chi connectivity index (χ3v) is 18.9. The molecule has 2 aliphatic heterocycles. The minimum atomic E-state index is -4.60. The number of pyridine rings is 2. The van der Waals surface area contributed by atoms with Crippen molar-refractivity contribution in [3.8, 4) is 0 Å². The van der Waals surface area contributed by atoms with Crippen molar-refractivity contribution in [2.24, 2.45) is 23.2 Å². The molecule has 3 aromatic rings. The van der Waals surface area contributed by atoms with Crippen LogP contribution in [0.25, 0.3) is 0 Å². The normalized spacial score (nSPS) is 26.8. The highest BCUT2D eigenvalue weighted by Gasteiger charge is 2.50. The minimum absolute atomic E-state index is 0.00682. The van der Waals surface area contributed by atoms with Crippen molar-refractivity contribution < 1.29 is 46.6 Å². The molecule has 4 fully saturated rings. The molecule has 9 rings (SSSR count). The van der Waals surface area contributed by atoms with Crippen LogP contribution in [0.5, 0.6) is 0 Å². The predicted octanol–water partition coefficient (Wildman–Crippen LogP) is 9.19. The van der Waals surface area contributed by atoms with E-state index in [-0.39, 0.29) is 103 Å². The van der Waals surface area contributed by atoms with E-state index < -0.39 is 23.1 Å². The lowest BCUT2D eigenvalue weighted by Gasteiger charge is -2.40. The molecule has 436 valence electrons. The monoisotopic (exact) mass is 1170 g/mol. The van der Waals surface area contributed by atoms with Crippen molar-refractivity contribution >= 4 is 45.5 Å². The first-order valence-electron chi connectivity index (χ1n) is 29.6. The molecule has 3 saturated carbocycles. The van der Waals surface area contributed by atoms with Gasteiger partial charge in [0.15, 0.2) is 0 Å². The van der Waals surface area contributed by atoms with Gasteiger partial charge in [0, 0.05) is 106 Å². The number of nitrogens with zero attached hydrogens (tertiary/aromatic N) is 4. The van der Waals surface area contributed by atoms with E-state index >= 15 is 0 Å². The molecule has 0 radical (unpaired) electrons. The van der Waals surface area contributed by atoms with E-state index in [0.29, 0.717) is 108 Å². The number of carbonyl (C=O) groups is 5. The molecule has 19 heteroatoms. The Bertz CT molecular complexity index is 2650. The van der Waals surface area contributed by atoms with E-state index in [9.17, 15) is 37.1 Å². The molecule has 0 spiro atoms. The van der Waals surface area contributed by atoms with Crippen LogP contribution in [0.15, 0.2) is 53.3 Å². The van der Waals surface area contributed by atoms with Crippen LogP contribution in [0, 0.1) is 23.2 Å². The van der Waals surface area contributed by atoms with E-state index in [2.05, 4.69) is 79.2 Å². The summed E-state index contributed by atoms with van der Waals surface area (Å²) in [6.45, 7) is 6.34. The number of aromatic nitrogens is 2. The summed E-state index contributed by atoms with van der Waals surface area (Å²) in [7, 11) is 1.72. The number of rotatable bonds is 22. The number of unbranched alkanes of at least 4 members (excludes halogenated alkanes) is 1. The maximum Gasteiger partial charge on any atom is 0.418 e. The zero-order chi connectivity index (χ0) is 56.6. The molecule has 4 heterocycles. The lowest BCUT2D eigenvalue weighted by Crippen LogP contribution is -2.48. The van der Waals surface area contributed by atoms with Gasteiger partial charge in [-0.05, 0) is 162 Å². The highest BCUT2D eigenvalue weighted by Crippen LogP contribution is 2.48. The van der Waals surface area contributed by atoms with Crippen molar-refractivity contribution in [2.45, 2.75) is 191 Å². The van der Waals surface area contributed by atoms with Gasteiger partial charge in [-0.3, -0.25) is 33.9 Å². The van der Waals surface area contributed by atoms with Crippen LogP contribution < -0.4 is 21.3 Å². The Balaban J connectivity index is 0.620. The fourth-order valence-corrected chi connectivity index (χ4v) is 14.1. The third-order valence-electron chi connectivity index (χ3n) is 18.4. The highest BCUT2D eigenvalue weighted by molar-refractivity contribution is 9.10. The summed E-state index contributed by atoms with van der Waals surface area (Å²) in [5, 5.41) is 13.0. The molecule has 2 aromatic heterocycles. The van der Waals surface area contributed by atoms with Gasteiger partial charge in [-0.2, -0.15) is 13.2 Å². The molecule has 4 aliphatic carbocycles. The number of amides is 5. The Morgan fingerprint density at radius 2 is 1.60 bits per heavy atom. The maximum atomic E-state index is 14.6. The molecule has 4 N–H and O–H groups in total. The molecule has 5 atom stereocenters. The standard InChI is InChI=1S/C61H82BrF3N8O7/c1-38(2)60(25-23-45(35-60)69-52-22-13-40-32-43(62)14-21-48(40)52)59(78)73-29-24-51-42(37-73)33-50(61(63,64)65)53(71-51)9-4-5-27-67-57(76)39-11-15-44(16-12-39)70-54(74)10-7-30-79-46-17-19-47(20-18-46)80-31-28-68-58(77)49-34-55(75)72(3)56(49)41-8-6-26-66-36-41/h6,8,14,21,26,32-33,36,38-39,44-47,49,52,56,69H,4-5,7,9-13,15-20,22-25,27-31,34-35,37H2,1-3H3,(H,67,76)(H,68,77)(H,70,74)/t39?,44?,45-,46?,47?,49+,52-,56-,60+/m1/s1. The van der Waals surface area contributed by atoms with Gasteiger partial charge >= 0.3 is 6.18 Å². The molecule has 6 aliphatic rings. The van der Waals surface area contributed by atoms with Gasteiger partial charge in [0.1, 0.15) is 0 Å². The van der Waals surface area contributed by atoms with Crippen LogP contribution in [0.2, 0.25) is 0 Å². The zero-order valence-electron chi connectivity index (χ0n) is 46.9. The topological polar surface area (TPSA) is 184 Å². The number of alkyl halides is 3. The van der Waals surface area contributed by atoms with Gasteiger partial charge in [-0.15, -0.1) is 0 Å². The number of hydrogen-bond donors (Lipinski definition) is 4. The SMILES string of the molecule is CC(C)[C@]1(C(=O)N2CCc3nc(CCCCNC(=O)C4CCC(NC(=O)CCCOC5CCC(OCCNC(=O)[C@H]6CC(=O)N(C)[C@@H]6c6cccnc6)CC5)CC4)c(C(F)(F)F)cc3C2)CC[C@@H](N[C@@H]2CCc3cc(Br)ccc32)C1. The molecule has 1 aromatic carbocycles. The highest BCUT2D eigenvalue weighted by atomic mass is 79.9. The largest absolute Gasteiger partial charge is 0.418 e. The molecule has 1 saturated heterocycles. The van der Waals surface area contributed by atoms with Crippen LogP contribution in [0.1, 0.15) is 174 Å². The fraction of sp³-hybridized carbons (Fsp3) is 0.656. The number of likely N-dealkylation sites (tertiary alicyclic amines) is 1. The van der Waals surface area contributed by atoms with Gasteiger partial charge in [-0.25, -0.2) is 0 Å². The Morgan fingerprint density at radius 1 is 0.850 bits per heavy atom. The molecule has 0 bridgehead atoms. The number of ether oxygens (including phenoxy) is 2. The zero-order valence-corrected chi connectivity index (χ0v) is 48.4. The first-order valence-corrected chi connectivity index (χ1v) is 30.4. The van der Waals surface area contributed by atoms with Crippen LogP contribution in [-0.2, 0) is 65.4 Å². The summed E-state index contributed by atoms with van der Waals surface area (Å²) < 4.78 is 57.1. The van der Waals surface area contributed by atoms with Crippen molar-refractivity contribution in [2.75, 3.05) is 39.9 Å². The number of fused-ring (bicyclic) bond motifs is 2. The number of benzene rings is 1. The minimum Gasteiger partial charge on any atom is -0.378 e. The average molecular weight is 1180 g/mol. The summed E-state index contributed by atoms with van der Waals surface area (Å²) in [6.07, 6.45) is 12.1. The summed E-state index contributed by atoms with van der Waals surface area (Å²) in [4.78, 5) is 78.2. The lowest BCUT2D eigenvalue weighted by molar-refractivity contribution is -0.146. The molecule has 5 amide bonds.